The molecule has 1 saturated carbocycles. The Hall–Kier alpha value is -3.54. The number of nitrogens with zero attached hydrogens (tertiary/aromatic N) is 3. The summed E-state index contributed by atoms with van der Waals surface area (Å²) in [6.45, 7) is 4.12. The summed E-state index contributed by atoms with van der Waals surface area (Å²) in [6.07, 6.45) is 7.64. The lowest BCUT2D eigenvalue weighted by molar-refractivity contribution is -0.128. The molecule has 0 spiro atoms. The Bertz CT molecular complexity index is 1110. The van der Waals surface area contributed by atoms with Gasteiger partial charge in [0.2, 0.25) is 5.91 Å². The highest BCUT2D eigenvalue weighted by atomic mass is 16.5. The molecule has 3 aromatic rings. The van der Waals surface area contributed by atoms with Crippen molar-refractivity contribution >= 4 is 12.0 Å². The number of hydrogen-bond donors (Lipinski definition) is 0. The van der Waals surface area contributed by atoms with Crippen molar-refractivity contribution in [1.29, 1.82) is 0 Å². The number of amides is 1. The van der Waals surface area contributed by atoms with E-state index in [1.165, 1.54) is 0 Å². The minimum absolute atomic E-state index is 0.0354. The number of hydrogen-bond acceptors (Lipinski definition) is 4. The molecule has 0 N–H and O–H groups in total. The van der Waals surface area contributed by atoms with E-state index >= 15 is 0 Å². The van der Waals surface area contributed by atoms with Crippen LogP contribution in [0.5, 0.6) is 11.5 Å². The van der Waals surface area contributed by atoms with Gasteiger partial charge in [0.15, 0.2) is 11.5 Å². The van der Waals surface area contributed by atoms with Crippen LogP contribution < -0.4 is 9.47 Å². The third-order valence-electron chi connectivity index (χ3n) is 5.58. The summed E-state index contributed by atoms with van der Waals surface area (Å²) in [7, 11) is 3.23. The molecular formula is C26H29N3O3. The molecule has 2 aromatic carbocycles. The van der Waals surface area contributed by atoms with Crippen molar-refractivity contribution in [2.24, 2.45) is 0 Å². The van der Waals surface area contributed by atoms with Crippen molar-refractivity contribution in [3.05, 3.63) is 66.4 Å². The lowest BCUT2D eigenvalue weighted by Crippen LogP contribution is -2.37. The Morgan fingerprint density at radius 3 is 2.44 bits per heavy atom. The molecule has 1 aromatic heterocycles. The standard InChI is InChI=1S/C26H29N3O3/c1-18(2)29(22-12-13-22)25(30)15-11-20-17-28(21-8-6-5-7-9-21)27-26(20)19-10-14-23(31-3)24(16-19)32-4/h5-11,14-18,22H,12-13H2,1-4H3. The monoisotopic (exact) mass is 431 g/mol. The van der Waals surface area contributed by atoms with E-state index in [-0.39, 0.29) is 11.9 Å². The van der Waals surface area contributed by atoms with Crippen LogP contribution in [0.15, 0.2) is 60.8 Å². The molecule has 0 saturated heterocycles. The normalized spacial score (nSPS) is 13.5. The first-order valence-corrected chi connectivity index (χ1v) is 10.9. The molecule has 1 aliphatic rings. The maximum atomic E-state index is 12.9. The van der Waals surface area contributed by atoms with E-state index in [4.69, 9.17) is 14.6 Å². The molecule has 0 radical (unpaired) electrons. The van der Waals surface area contributed by atoms with E-state index in [2.05, 4.69) is 13.8 Å². The molecule has 0 aliphatic heterocycles. The van der Waals surface area contributed by atoms with Crippen molar-refractivity contribution in [3.63, 3.8) is 0 Å². The molecule has 166 valence electrons. The molecule has 6 heteroatoms. The van der Waals surface area contributed by atoms with Crippen molar-refractivity contribution in [2.75, 3.05) is 14.2 Å². The Kier molecular flexibility index (Phi) is 6.30. The molecular weight excluding hydrogens is 402 g/mol. The summed E-state index contributed by atoms with van der Waals surface area (Å²) < 4.78 is 12.7. The second-order valence-electron chi connectivity index (χ2n) is 8.19. The van der Waals surface area contributed by atoms with Gasteiger partial charge < -0.3 is 14.4 Å². The van der Waals surface area contributed by atoms with Crippen molar-refractivity contribution in [2.45, 2.75) is 38.8 Å². The van der Waals surface area contributed by atoms with Crippen LogP contribution >= 0.6 is 0 Å². The van der Waals surface area contributed by atoms with E-state index in [1.54, 1.807) is 20.3 Å². The molecule has 0 atom stereocenters. The molecule has 4 rings (SSSR count). The zero-order valence-electron chi connectivity index (χ0n) is 19.0. The highest BCUT2D eigenvalue weighted by Crippen LogP contribution is 2.34. The molecule has 32 heavy (non-hydrogen) atoms. The smallest absolute Gasteiger partial charge is 0.247 e. The lowest BCUT2D eigenvalue weighted by atomic mass is 10.1. The van der Waals surface area contributed by atoms with Crippen LogP contribution in [-0.2, 0) is 4.79 Å². The van der Waals surface area contributed by atoms with Crippen molar-refractivity contribution < 1.29 is 14.3 Å². The summed E-state index contributed by atoms with van der Waals surface area (Å²) in [6, 6.07) is 16.2. The van der Waals surface area contributed by atoms with Crippen LogP contribution in [0.1, 0.15) is 32.3 Å². The first-order valence-electron chi connectivity index (χ1n) is 10.9. The van der Waals surface area contributed by atoms with E-state index in [1.807, 2.05) is 70.4 Å². The number of aromatic nitrogens is 2. The quantitative estimate of drug-likeness (QED) is 0.473. The topological polar surface area (TPSA) is 56.6 Å². The van der Waals surface area contributed by atoms with Gasteiger partial charge >= 0.3 is 0 Å². The largest absolute Gasteiger partial charge is 0.493 e. The molecule has 1 amide bonds. The van der Waals surface area contributed by atoms with Crippen LogP contribution in [0.2, 0.25) is 0 Å². The second kappa shape index (κ2) is 9.30. The number of rotatable bonds is 8. The predicted octanol–water partition coefficient (Wildman–Crippen LogP) is 4.97. The fourth-order valence-electron chi connectivity index (χ4n) is 3.89. The summed E-state index contributed by atoms with van der Waals surface area (Å²) >= 11 is 0. The second-order valence-corrected chi connectivity index (χ2v) is 8.19. The van der Waals surface area contributed by atoms with Gasteiger partial charge in [-0.25, -0.2) is 4.68 Å². The molecule has 1 aliphatic carbocycles. The molecule has 0 unspecified atom stereocenters. The molecule has 1 heterocycles. The van der Waals surface area contributed by atoms with E-state index < -0.39 is 0 Å². The average molecular weight is 432 g/mol. The summed E-state index contributed by atoms with van der Waals surface area (Å²) in [5.41, 5.74) is 3.45. The number of benzene rings is 2. The SMILES string of the molecule is COc1ccc(-c2nn(-c3ccccc3)cc2C=CC(=O)N(C(C)C)C2CC2)cc1OC. The van der Waals surface area contributed by atoms with Gasteiger partial charge in [-0.05, 0) is 63.1 Å². The van der Waals surface area contributed by atoms with Crippen molar-refractivity contribution in [1.82, 2.24) is 14.7 Å². The van der Waals surface area contributed by atoms with Gasteiger partial charge in [0, 0.05) is 35.5 Å². The maximum Gasteiger partial charge on any atom is 0.247 e. The Labute approximate surface area is 189 Å². The Morgan fingerprint density at radius 2 is 1.81 bits per heavy atom. The van der Waals surface area contributed by atoms with Gasteiger partial charge in [-0.2, -0.15) is 5.10 Å². The first kappa shape index (κ1) is 21.7. The fraction of sp³-hybridized carbons (Fsp3) is 0.308. The zero-order valence-corrected chi connectivity index (χ0v) is 19.0. The molecule has 6 nitrogen and oxygen atoms in total. The molecule has 1 fully saturated rings. The van der Waals surface area contributed by atoms with Gasteiger partial charge in [0.05, 0.1) is 19.9 Å². The Morgan fingerprint density at radius 1 is 1.09 bits per heavy atom. The van der Waals surface area contributed by atoms with Crippen LogP contribution in [-0.4, -0.2) is 46.9 Å². The Balaban J connectivity index is 1.74. The third kappa shape index (κ3) is 4.54. The highest BCUT2D eigenvalue weighted by molar-refractivity contribution is 5.93. The number of carbonyl (C=O) groups is 1. The number of para-hydroxylation sites is 1. The van der Waals surface area contributed by atoms with E-state index in [0.717, 1.165) is 35.3 Å². The molecule has 0 bridgehead atoms. The lowest BCUT2D eigenvalue weighted by Gasteiger charge is -2.25. The minimum Gasteiger partial charge on any atom is -0.493 e. The van der Waals surface area contributed by atoms with Crippen LogP contribution in [0.4, 0.5) is 0 Å². The van der Waals surface area contributed by atoms with Crippen LogP contribution in [0, 0.1) is 0 Å². The van der Waals surface area contributed by atoms with E-state index in [9.17, 15) is 4.79 Å². The number of carbonyl (C=O) groups excluding carboxylic acids is 1. The van der Waals surface area contributed by atoms with Gasteiger partial charge in [0.25, 0.3) is 0 Å². The minimum atomic E-state index is 0.0354. The van der Waals surface area contributed by atoms with Gasteiger partial charge in [-0.1, -0.05) is 18.2 Å². The maximum absolute atomic E-state index is 12.9. The fourth-order valence-corrected chi connectivity index (χ4v) is 3.89. The summed E-state index contributed by atoms with van der Waals surface area (Å²) in [4.78, 5) is 14.9. The van der Waals surface area contributed by atoms with Crippen LogP contribution in [0.25, 0.3) is 23.0 Å². The summed E-state index contributed by atoms with van der Waals surface area (Å²) in [5, 5.41) is 4.83. The average Bonchev–Trinajstić information content (AvgIpc) is 3.54. The highest BCUT2D eigenvalue weighted by Gasteiger charge is 2.33. The van der Waals surface area contributed by atoms with Gasteiger partial charge in [0.1, 0.15) is 5.69 Å². The van der Waals surface area contributed by atoms with Gasteiger partial charge in [-0.15, -0.1) is 0 Å². The van der Waals surface area contributed by atoms with Gasteiger partial charge in [-0.3, -0.25) is 4.79 Å². The van der Waals surface area contributed by atoms with Crippen molar-refractivity contribution in [3.8, 4) is 28.4 Å². The van der Waals surface area contributed by atoms with Crippen LogP contribution in [0.3, 0.4) is 0 Å². The predicted molar refractivity (Wildman–Crippen MR) is 126 cm³/mol. The summed E-state index contributed by atoms with van der Waals surface area (Å²) in [5.74, 6) is 1.32. The third-order valence-corrected chi connectivity index (χ3v) is 5.58. The number of methoxy groups -OCH3 is 2. The number of ether oxygens (including phenoxy) is 2. The zero-order chi connectivity index (χ0) is 22.7. The first-order chi connectivity index (χ1) is 15.5. The van der Waals surface area contributed by atoms with E-state index in [0.29, 0.717) is 17.5 Å².